The van der Waals surface area contributed by atoms with Crippen molar-refractivity contribution in [3.05, 3.63) is 11.6 Å². The van der Waals surface area contributed by atoms with Gasteiger partial charge in [0.05, 0.1) is 0 Å². The van der Waals surface area contributed by atoms with Gasteiger partial charge in [-0.3, -0.25) is 4.79 Å². The molecule has 3 saturated carbocycles. The molecule has 3 fully saturated rings. The van der Waals surface area contributed by atoms with Crippen molar-refractivity contribution in [1.82, 2.24) is 0 Å². The van der Waals surface area contributed by atoms with Crippen LogP contribution in [0, 0.1) is 40.4 Å². The van der Waals surface area contributed by atoms with Crippen LogP contribution in [0.1, 0.15) is 71.1 Å². The largest absolute Gasteiger partial charge is 0.377 e. The van der Waals surface area contributed by atoms with Gasteiger partial charge in [-0.1, -0.05) is 24.8 Å². The SMILES string of the molecule is CCC[C@]12CC[C@H]3[C@@H](CCC4=CC(=O)CC[C@@H]43)[C@@H]1CC[C@@]2(O)C#CCl. The third-order valence-corrected chi connectivity index (χ3v) is 8.19. The average molecular weight is 361 g/mol. The van der Waals surface area contributed by atoms with Crippen molar-refractivity contribution < 1.29 is 9.90 Å². The third-order valence-electron chi connectivity index (χ3n) is 8.10. The van der Waals surface area contributed by atoms with Gasteiger partial charge in [-0.15, -0.1) is 0 Å². The maximum Gasteiger partial charge on any atom is 0.155 e. The minimum atomic E-state index is -0.904. The van der Waals surface area contributed by atoms with Crippen LogP contribution in [0.3, 0.4) is 0 Å². The molecule has 25 heavy (non-hydrogen) atoms. The summed E-state index contributed by atoms with van der Waals surface area (Å²) in [5.74, 6) is 5.91. The number of rotatable bonds is 2. The number of carbonyl (C=O) groups is 1. The molecular formula is C22H29ClO2. The minimum Gasteiger partial charge on any atom is -0.377 e. The Bertz CT molecular complexity index is 657. The van der Waals surface area contributed by atoms with Gasteiger partial charge in [0.2, 0.25) is 0 Å². The second-order valence-electron chi connectivity index (χ2n) is 8.87. The van der Waals surface area contributed by atoms with Crippen LogP contribution in [0.15, 0.2) is 11.6 Å². The zero-order valence-corrected chi connectivity index (χ0v) is 15.9. The monoisotopic (exact) mass is 360 g/mol. The molecule has 6 atom stereocenters. The number of allylic oxidation sites excluding steroid dienone is 1. The van der Waals surface area contributed by atoms with Gasteiger partial charge in [-0.05, 0) is 92.7 Å². The smallest absolute Gasteiger partial charge is 0.155 e. The van der Waals surface area contributed by atoms with E-state index in [4.69, 9.17) is 11.6 Å². The molecule has 0 aliphatic heterocycles. The van der Waals surface area contributed by atoms with E-state index in [0.717, 1.165) is 51.4 Å². The first kappa shape index (κ1) is 17.6. The number of ketones is 1. The maximum atomic E-state index is 11.8. The van der Waals surface area contributed by atoms with Crippen LogP contribution in [-0.4, -0.2) is 16.5 Å². The molecule has 0 saturated heterocycles. The van der Waals surface area contributed by atoms with Crippen molar-refractivity contribution >= 4 is 17.4 Å². The second kappa shape index (κ2) is 6.43. The van der Waals surface area contributed by atoms with E-state index >= 15 is 0 Å². The van der Waals surface area contributed by atoms with Crippen LogP contribution >= 0.6 is 11.6 Å². The van der Waals surface area contributed by atoms with E-state index in [1.165, 1.54) is 18.4 Å². The zero-order valence-electron chi connectivity index (χ0n) is 15.2. The lowest BCUT2D eigenvalue weighted by Gasteiger charge is -2.56. The molecule has 4 aliphatic carbocycles. The summed E-state index contributed by atoms with van der Waals surface area (Å²) in [6.45, 7) is 2.22. The molecule has 0 unspecified atom stereocenters. The summed E-state index contributed by atoms with van der Waals surface area (Å²) >= 11 is 5.75. The first-order valence-electron chi connectivity index (χ1n) is 10.1. The Labute approximate surface area is 156 Å². The quantitative estimate of drug-likeness (QED) is 0.715. The molecule has 0 aromatic heterocycles. The normalized spacial score (nSPS) is 45.6. The number of aliphatic hydroxyl groups is 1. The van der Waals surface area contributed by atoms with Crippen molar-refractivity contribution in [2.45, 2.75) is 76.7 Å². The molecule has 4 rings (SSSR count). The maximum absolute atomic E-state index is 11.8. The molecule has 0 bridgehead atoms. The number of hydrogen-bond donors (Lipinski definition) is 1. The summed E-state index contributed by atoms with van der Waals surface area (Å²) < 4.78 is 0. The van der Waals surface area contributed by atoms with Crippen molar-refractivity contribution in [2.24, 2.45) is 29.1 Å². The summed E-state index contributed by atoms with van der Waals surface area (Å²) in [4.78, 5) is 11.8. The van der Waals surface area contributed by atoms with Gasteiger partial charge >= 0.3 is 0 Å². The fourth-order valence-corrected chi connectivity index (χ4v) is 7.40. The van der Waals surface area contributed by atoms with Gasteiger partial charge in [0.1, 0.15) is 5.60 Å². The van der Waals surface area contributed by atoms with E-state index in [1.807, 2.05) is 6.08 Å². The highest BCUT2D eigenvalue weighted by atomic mass is 35.5. The van der Waals surface area contributed by atoms with Crippen molar-refractivity contribution in [3.63, 3.8) is 0 Å². The molecule has 136 valence electrons. The average Bonchev–Trinajstić information content (AvgIpc) is 2.88. The van der Waals surface area contributed by atoms with Gasteiger partial charge in [0.15, 0.2) is 5.78 Å². The van der Waals surface area contributed by atoms with Crippen LogP contribution in [0.4, 0.5) is 0 Å². The standard InChI is InChI=1S/C22H29ClO2/c1-2-9-21-10-7-18-17-6-4-16(24)14-15(17)3-5-19(18)20(21)8-11-22(21,25)12-13-23/h14,17-20,25H,2-11H2,1H3/t17-,18+,19+,20-,21-,22+/m0/s1. The van der Waals surface area contributed by atoms with Crippen molar-refractivity contribution in [2.75, 3.05) is 0 Å². The Hall–Kier alpha value is -0.780. The fraction of sp³-hybridized carbons (Fsp3) is 0.773. The molecule has 2 nitrogen and oxygen atoms in total. The summed E-state index contributed by atoms with van der Waals surface area (Å²) in [5, 5.41) is 13.9. The van der Waals surface area contributed by atoms with E-state index in [2.05, 4.69) is 18.2 Å². The van der Waals surface area contributed by atoms with Gasteiger partial charge in [0.25, 0.3) is 0 Å². The minimum absolute atomic E-state index is 0.0729. The van der Waals surface area contributed by atoms with Crippen LogP contribution in [0.2, 0.25) is 0 Å². The Kier molecular flexibility index (Phi) is 4.53. The highest BCUT2D eigenvalue weighted by molar-refractivity contribution is 6.30. The Morgan fingerprint density at radius 1 is 1.20 bits per heavy atom. The van der Waals surface area contributed by atoms with Crippen LogP contribution in [-0.2, 0) is 4.79 Å². The molecule has 0 radical (unpaired) electrons. The van der Waals surface area contributed by atoms with Crippen molar-refractivity contribution in [3.8, 4) is 11.3 Å². The van der Waals surface area contributed by atoms with Gasteiger partial charge in [-0.25, -0.2) is 0 Å². The highest BCUT2D eigenvalue weighted by Gasteiger charge is 2.63. The van der Waals surface area contributed by atoms with E-state index in [1.54, 1.807) is 0 Å². The molecule has 4 aliphatic rings. The lowest BCUT2D eigenvalue weighted by atomic mass is 9.49. The van der Waals surface area contributed by atoms with E-state index in [0.29, 0.717) is 29.5 Å². The summed E-state index contributed by atoms with van der Waals surface area (Å²) in [7, 11) is 0. The number of halogens is 1. The summed E-state index contributed by atoms with van der Waals surface area (Å²) in [5.41, 5.74) is 0.449. The Morgan fingerprint density at radius 3 is 2.80 bits per heavy atom. The summed E-state index contributed by atoms with van der Waals surface area (Å²) in [6, 6.07) is 0. The Morgan fingerprint density at radius 2 is 2.04 bits per heavy atom. The number of hydrogen-bond acceptors (Lipinski definition) is 2. The zero-order chi connectivity index (χ0) is 17.7. The molecule has 3 heteroatoms. The predicted octanol–water partition coefficient (Wildman–Crippen LogP) is 4.84. The van der Waals surface area contributed by atoms with E-state index < -0.39 is 5.60 Å². The predicted molar refractivity (Wildman–Crippen MR) is 99.9 cm³/mol. The molecule has 0 amide bonds. The molecule has 0 heterocycles. The third kappa shape index (κ3) is 2.54. The molecule has 0 spiro atoms. The van der Waals surface area contributed by atoms with Crippen molar-refractivity contribution in [1.29, 1.82) is 0 Å². The first-order valence-corrected chi connectivity index (χ1v) is 10.5. The van der Waals surface area contributed by atoms with E-state index in [9.17, 15) is 9.90 Å². The van der Waals surface area contributed by atoms with Gasteiger partial charge < -0.3 is 5.11 Å². The molecule has 0 aromatic rings. The number of fused-ring (bicyclic) bond motifs is 5. The molecule has 1 N–H and O–H groups in total. The van der Waals surface area contributed by atoms with Crippen LogP contribution in [0.25, 0.3) is 0 Å². The lowest BCUT2D eigenvalue weighted by Crippen LogP contribution is -2.53. The van der Waals surface area contributed by atoms with Gasteiger partial charge in [0, 0.05) is 17.2 Å². The molecular weight excluding hydrogens is 332 g/mol. The fourth-order valence-electron chi connectivity index (χ4n) is 7.24. The lowest BCUT2D eigenvalue weighted by molar-refractivity contribution is -0.117. The Balaban J connectivity index is 1.67. The molecule has 0 aromatic carbocycles. The van der Waals surface area contributed by atoms with Crippen LogP contribution in [0.5, 0.6) is 0 Å². The van der Waals surface area contributed by atoms with E-state index in [-0.39, 0.29) is 5.41 Å². The highest BCUT2D eigenvalue weighted by Crippen LogP contribution is 2.66. The topological polar surface area (TPSA) is 37.3 Å². The van der Waals surface area contributed by atoms with Crippen LogP contribution < -0.4 is 0 Å². The second-order valence-corrected chi connectivity index (χ2v) is 9.06. The van der Waals surface area contributed by atoms with Gasteiger partial charge in [-0.2, -0.15) is 0 Å². The number of carbonyl (C=O) groups excluding carboxylic acids is 1. The first-order chi connectivity index (χ1) is 12.0. The summed E-state index contributed by atoms with van der Waals surface area (Å²) in [6.07, 6.45) is 12.2.